The smallest absolute Gasteiger partial charge is 0.266 e. The third-order valence-corrected chi connectivity index (χ3v) is 3.04. The quantitative estimate of drug-likeness (QED) is 0.889. The molecule has 0 radical (unpaired) electrons. The van der Waals surface area contributed by atoms with Crippen LogP contribution in [0.4, 0.5) is 0 Å². The molecular formula is C15H14N2O3. The Labute approximate surface area is 116 Å². The summed E-state index contributed by atoms with van der Waals surface area (Å²) in [5.74, 6) is 0.566. The molecule has 0 saturated heterocycles. The van der Waals surface area contributed by atoms with Gasteiger partial charge in [0.2, 0.25) is 0 Å². The van der Waals surface area contributed by atoms with Crippen molar-refractivity contribution in [2.24, 2.45) is 0 Å². The zero-order valence-electron chi connectivity index (χ0n) is 11.2. The molecule has 0 bridgehead atoms. The lowest BCUT2D eigenvalue weighted by molar-refractivity contribution is 0.274. The number of nitrogens with zero attached hydrogens (tertiary/aromatic N) is 1. The van der Waals surface area contributed by atoms with E-state index in [9.17, 15) is 9.90 Å². The molecule has 0 aliphatic heterocycles. The van der Waals surface area contributed by atoms with Crippen molar-refractivity contribution in [2.45, 2.75) is 13.5 Å². The lowest BCUT2D eigenvalue weighted by Crippen LogP contribution is -2.12. The van der Waals surface area contributed by atoms with Crippen LogP contribution in [-0.2, 0) is 6.61 Å². The molecule has 0 amide bonds. The Kier molecular flexibility index (Phi) is 3.87. The molecular weight excluding hydrogens is 256 g/mol. The van der Waals surface area contributed by atoms with E-state index in [-0.39, 0.29) is 12.2 Å². The van der Waals surface area contributed by atoms with Gasteiger partial charge in [0.05, 0.1) is 13.7 Å². The van der Waals surface area contributed by atoms with E-state index in [1.165, 1.54) is 7.11 Å². The van der Waals surface area contributed by atoms with E-state index in [1.54, 1.807) is 31.2 Å². The van der Waals surface area contributed by atoms with Crippen molar-refractivity contribution in [1.29, 1.82) is 5.26 Å². The lowest BCUT2D eigenvalue weighted by atomic mass is 9.99. The highest BCUT2D eigenvalue weighted by atomic mass is 16.5. The van der Waals surface area contributed by atoms with Crippen molar-refractivity contribution in [1.82, 2.24) is 4.98 Å². The molecule has 5 nitrogen and oxygen atoms in total. The minimum Gasteiger partial charge on any atom is -0.496 e. The molecule has 0 atom stereocenters. The Morgan fingerprint density at radius 1 is 1.40 bits per heavy atom. The monoisotopic (exact) mass is 270 g/mol. The van der Waals surface area contributed by atoms with Crippen LogP contribution < -0.4 is 10.3 Å². The number of aromatic amines is 1. The summed E-state index contributed by atoms with van der Waals surface area (Å²) in [5.41, 5.74) is 2.16. The van der Waals surface area contributed by atoms with Gasteiger partial charge in [-0.25, -0.2) is 0 Å². The predicted molar refractivity (Wildman–Crippen MR) is 74.4 cm³/mol. The van der Waals surface area contributed by atoms with E-state index in [0.717, 1.165) is 0 Å². The molecule has 0 aliphatic carbocycles. The maximum atomic E-state index is 11.8. The highest BCUT2D eigenvalue weighted by Gasteiger charge is 2.12. The fourth-order valence-electron chi connectivity index (χ4n) is 2.10. The van der Waals surface area contributed by atoms with Gasteiger partial charge in [0.15, 0.2) is 0 Å². The van der Waals surface area contributed by atoms with Gasteiger partial charge < -0.3 is 14.8 Å². The Morgan fingerprint density at radius 3 is 2.75 bits per heavy atom. The van der Waals surface area contributed by atoms with E-state index in [0.29, 0.717) is 28.1 Å². The Morgan fingerprint density at radius 2 is 2.15 bits per heavy atom. The second-order valence-corrected chi connectivity index (χ2v) is 4.37. The van der Waals surface area contributed by atoms with Gasteiger partial charge in [-0.2, -0.15) is 5.26 Å². The molecule has 20 heavy (non-hydrogen) atoms. The standard InChI is InChI=1S/C15H14N2O3/c1-9-5-12(13(7-16)15(19)17-9)10-3-4-14(20-2)11(6-10)8-18/h3-6,18H,8H2,1-2H3,(H,17,19). The zero-order chi connectivity index (χ0) is 14.7. The van der Waals surface area contributed by atoms with E-state index in [2.05, 4.69) is 4.98 Å². The van der Waals surface area contributed by atoms with Gasteiger partial charge >= 0.3 is 0 Å². The molecule has 5 heteroatoms. The van der Waals surface area contributed by atoms with Gasteiger partial charge in [0.1, 0.15) is 17.4 Å². The van der Waals surface area contributed by atoms with Crippen LogP contribution >= 0.6 is 0 Å². The second kappa shape index (κ2) is 5.59. The summed E-state index contributed by atoms with van der Waals surface area (Å²) in [5, 5.41) is 18.5. The molecule has 0 unspecified atom stereocenters. The maximum absolute atomic E-state index is 11.8. The van der Waals surface area contributed by atoms with Crippen LogP contribution in [0.1, 0.15) is 16.8 Å². The Bertz CT molecular complexity index is 742. The molecule has 1 heterocycles. The van der Waals surface area contributed by atoms with Gasteiger partial charge in [-0.05, 0) is 30.7 Å². The van der Waals surface area contributed by atoms with Gasteiger partial charge in [-0.1, -0.05) is 6.07 Å². The van der Waals surface area contributed by atoms with E-state index < -0.39 is 5.56 Å². The van der Waals surface area contributed by atoms with Crippen LogP contribution in [-0.4, -0.2) is 17.2 Å². The molecule has 0 spiro atoms. The summed E-state index contributed by atoms with van der Waals surface area (Å²) >= 11 is 0. The lowest BCUT2D eigenvalue weighted by Gasteiger charge is -2.10. The van der Waals surface area contributed by atoms with Crippen LogP contribution in [0.5, 0.6) is 5.75 Å². The SMILES string of the molecule is COc1ccc(-c2cc(C)[nH]c(=O)c2C#N)cc1CO. The highest BCUT2D eigenvalue weighted by Crippen LogP contribution is 2.28. The molecule has 0 fully saturated rings. The number of H-pyrrole nitrogens is 1. The third-order valence-electron chi connectivity index (χ3n) is 3.04. The highest BCUT2D eigenvalue weighted by molar-refractivity contribution is 5.71. The van der Waals surface area contributed by atoms with Gasteiger partial charge in [-0.15, -0.1) is 0 Å². The fraction of sp³-hybridized carbons (Fsp3) is 0.200. The molecule has 1 aromatic carbocycles. The van der Waals surface area contributed by atoms with Crippen molar-refractivity contribution in [3.05, 3.63) is 51.4 Å². The van der Waals surface area contributed by atoms with Crippen molar-refractivity contribution in [2.75, 3.05) is 7.11 Å². The van der Waals surface area contributed by atoms with Crippen molar-refractivity contribution < 1.29 is 9.84 Å². The number of rotatable bonds is 3. The average Bonchev–Trinajstić information content (AvgIpc) is 2.45. The number of aryl methyl sites for hydroxylation is 1. The first-order valence-corrected chi connectivity index (χ1v) is 6.03. The molecule has 102 valence electrons. The summed E-state index contributed by atoms with van der Waals surface area (Å²) in [7, 11) is 1.52. The molecule has 0 aliphatic rings. The van der Waals surface area contributed by atoms with Crippen LogP contribution in [0.3, 0.4) is 0 Å². The van der Waals surface area contributed by atoms with E-state index in [4.69, 9.17) is 10.00 Å². The number of hydrogen-bond donors (Lipinski definition) is 2. The van der Waals surface area contributed by atoms with Crippen molar-refractivity contribution in [3.8, 4) is 22.9 Å². The van der Waals surface area contributed by atoms with Gasteiger partial charge in [0.25, 0.3) is 5.56 Å². The van der Waals surface area contributed by atoms with Crippen molar-refractivity contribution in [3.63, 3.8) is 0 Å². The Balaban J connectivity index is 2.69. The number of hydrogen-bond acceptors (Lipinski definition) is 4. The molecule has 0 saturated carbocycles. The molecule has 2 rings (SSSR count). The summed E-state index contributed by atoms with van der Waals surface area (Å²) in [6.45, 7) is 1.57. The van der Waals surface area contributed by atoms with E-state index >= 15 is 0 Å². The van der Waals surface area contributed by atoms with Crippen LogP contribution in [0.25, 0.3) is 11.1 Å². The van der Waals surface area contributed by atoms with Crippen LogP contribution in [0.2, 0.25) is 0 Å². The maximum Gasteiger partial charge on any atom is 0.266 e. The number of aliphatic hydroxyl groups is 1. The number of nitriles is 1. The van der Waals surface area contributed by atoms with Crippen LogP contribution in [0, 0.1) is 18.3 Å². The normalized spacial score (nSPS) is 10.1. The summed E-state index contributed by atoms with van der Waals surface area (Å²) < 4.78 is 5.14. The van der Waals surface area contributed by atoms with Gasteiger partial charge in [-0.3, -0.25) is 4.79 Å². The topological polar surface area (TPSA) is 86.1 Å². The number of aliphatic hydroxyl groups excluding tert-OH is 1. The minimum absolute atomic E-state index is 0.0599. The number of aromatic nitrogens is 1. The Hall–Kier alpha value is -2.58. The largest absolute Gasteiger partial charge is 0.496 e. The number of pyridine rings is 1. The number of benzene rings is 1. The third kappa shape index (κ3) is 2.42. The average molecular weight is 270 g/mol. The first kappa shape index (κ1) is 13.8. The van der Waals surface area contributed by atoms with Crippen molar-refractivity contribution >= 4 is 0 Å². The van der Waals surface area contributed by atoms with Crippen LogP contribution in [0.15, 0.2) is 29.1 Å². The zero-order valence-corrected chi connectivity index (χ0v) is 11.2. The molecule has 1 aromatic heterocycles. The second-order valence-electron chi connectivity index (χ2n) is 4.37. The first-order valence-electron chi connectivity index (χ1n) is 6.03. The number of ether oxygens (including phenoxy) is 1. The summed E-state index contributed by atoms with van der Waals surface area (Å²) in [6, 6.07) is 8.84. The number of nitrogens with one attached hydrogen (secondary N) is 1. The minimum atomic E-state index is -0.413. The molecule has 2 aromatic rings. The summed E-state index contributed by atoms with van der Waals surface area (Å²) in [6.07, 6.45) is 0. The van der Waals surface area contributed by atoms with Gasteiger partial charge in [0, 0.05) is 16.8 Å². The summed E-state index contributed by atoms with van der Waals surface area (Å²) in [4.78, 5) is 14.4. The molecule has 2 N–H and O–H groups in total. The van der Waals surface area contributed by atoms with E-state index in [1.807, 2.05) is 6.07 Å². The predicted octanol–water partition coefficient (Wildman–Crippen LogP) is 1.72. The fourth-order valence-corrected chi connectivity index (χ4v) is 2.10. The number of methoxy groups -OCH3 is 1. The first-order chi connectivity index (χ1) is 9.60.